The number of rotatable bonds is 9. The van der Waals surface area contributed by atoms with E-state index in [1.54, 1.807) is 12.1 Å². The van der Waals surface area contributed by atoms with E-state index in [0.717, 1.165) is 55.5 Å². The Hall–Kier alpha value is -3.45. The summed E-state index contributed by atoms with van der Waals surface area (Å²) in [7, 11) is 0. The topological polar surface area (TPSA) is 61.7 Å². The molecule has 39 heavy (non-hydrogen) atoms. The van der Waals surface area contributed by atoms with E-state index in [1.807, 2.05) is 30.3 Å². The highest BCUT2D eigenvalue weighted by Crippen LogP contribution is 2.28. The summed E-state index contributed by atoms with van der Waals surface area (Å²) in [6.45, 7) is 8.35. The van der Waals surface area contributed by atoms with Crippen molar-refractivity contribution in [3.05, 3.63) is 106 Å². The van der Waals surface area contributed by atoms with Crippen LogP contribution in [0.15, 0.2) is 78.9 Å². The van der Waals surface area contributed by atoms with E-state index < -0.39 is 6.10 Å². The summed E-state index contributed by atoms with van der Waals surface area (Å²) in [6.07, 6.45) is 0.215. The molecule has 4 aromatic rings. The second-order valence-electron chi connectivity index (χ2n) is 10.2. The molecule has 0 radical (unpaired) electrons. The molecule has 0 aliphatic carbocycles. The number of anilines is 1. The lowest BCUT2D eigenvalue weighted by Crippen LogP contribution is -2.49. The van der Waals surface area contributed by atoms with Crippen molar-refractivity contribution >= 4 is 17.4 Å². The van der Waals surface area contributed by atoms with E-state index in [9.17, 15) is 5.11 Å². The van der Waals surface area contributed by atoms with Crippen molar-refractivity contribution in [2.24, 2.45) is 0 Å². The van der Waals surface area contributed by atoms with Gasteiger partial charge in [0.1, 0.15) is 24.3 Å². The SMILES string of the molecule is Cc1ccc(Cc2c(C)nc(-c3ccccc3)nc2N2CCN(CC(O)COc3ccc(Cl)cc3)CC2)cc1. The van der Waals surface area contributed by atoms with Crippen molar-refractivity contribution < 1.29 is 9.84 Å². The molecule has 1 fully saturated rings. The van der Waals surface area contributed by atoms with Crippen LogP contribution in [0.1, 0.15) is 22.4 Å². The quantitative estimate of drug-likeness (QED) is 0.298. The lowest BCUT2D eigenvalue weighted by Gasteiger charge is -2.37. The molecule has 1 aromatic heterocycles. The number of piperazine rings is 1. The number of aryl methyl sites for hydroxylation is 2. The highest BCUT2D eigenvalue weighted by molar-refractivity contribution is 6.30. The predicted molar refractivity (Wildman–Crippen MR) is 158 cm³/mol. The molecule has 5 rings (SSSR count). The van der Waals surface area contributed by atoms with E-state index in [-0.39, 0.29) is 6.61 Å². The third-order valence-electron chi connectivity index (χ3n) is 7.12. The normalized spacial score (nSPS) is 14.8. The number of aliphatic hydroxyl groups is 1. The second kappa shape index (κ2) is 12.6. The Labute approximate surface area is 235 Å². The van der Waals surface area contributed by atoms with Crippen LogP contribution in [0.2, 0.25) is 5.02 Å². The van der Waals surface area contributed by atoms with Crippen molar-refractivity contribution in [3.8, 4) is 17.1 Å². The smallest absolute Gasteiger partial charge is 0.161 e. The van der Waals surface area contributed by atoms with Gasteiger partial charge in [0.2, 0.25) is 0 Å². The number of nitrogens with zero attached hydrogens (tertiary/aromatic N) is 4. The van der Waals surface area contributed by atoms with Gasteiger partial charge in [0.25, 0.3) is 0 Å². The number of benzene rings is 3. The van der Waals surface area contributed by atoms with E-state index in [2.05, 4.69) is 60.0 Å². The summed E-state index contributed by atoms with van der Waals surface area (Å²) >= 11 is 5.94. The number of hydrogen-bond donors (Lipinski definition) is 1. The molecule has 0 amide bonds. The summed E-state index contributed by atoms with van der Waals surface area (Å²) < 4.78 is 5.74. The van der Waals surface area contributed by atoms with Crippen molar-refractivity contribution in [2.45, 2.75) is 26.4 Å². The van der Waals surface area contributed by atoms with Crippen LogP contribution in [0.3, 0.4) is 0 Å². The number of halogens is 1. The summed E-state index contributed by atoms with van der Waals surface area (Å²) in [5.74, 6) is 2.47. The molecule has 1 unspecified atom stereocenters. The Bertz CT molecular complexity index is 1360. The zero-order chi connectivity index (χ0) is 27.2. The van der Waals surface area contributed by atoms with Gasteiger partial charge in [-0.05, 0) is 43.7 Å². The van der Waals surface area contributed by atoms with Crippen LogP contribution >= 0.6 is 11.6 Å². The minimum absolute atomic E-state index is 0.244. The van der Waals surface area contributed by atoms with Gasteiger partial charge in [-0.25, -0.2) is 9.97 Å². The van der Waals surface area contributed by atoms with Gasteiger partial charge in [-0.1, -0.05) is 71.8 Å². The van der Waals surface area contributed by atoms with Gasteiger partial charge in [-0.3, -0.25) is 4.90 Å². The van der Waals surface area contributed by atoms with Crippen LogP contribution in [-0.4, -0.2) is 65.4 Å². The monoisotopic (exact) mass is 542 g/mol. The first-order valence-electron chi connectivity index (χ1n) is 13.5. The number of ether oxygens (including phenoxy) is 1. The minimum atomic E-state index is -0.574. The predicted octanol–water partition coefficient (Wildman–Crippen LogP) is 5.57. The number of hydrogen-bond acceptors (Lipinski definition) is 6. The highest BCUT2D eigenvalue weighted by Gasteiger charge is 2.24. The molecular formula is C32H35ClN4O2. The molecule has 202 valence electrons. The third kappa shape index (κ3) is 7.15. The summed E-state index contributed by atoms with van der Waals surface area (Å²) in [4.78, 5) is 14.7. The number of β-amino-alcohol motifs (C(OH)–C–C–N with tert-alkyl or cyclic N) is 1. The molecule has 2 heterocycles. The molecule has 1 aliphatic heterocycles. The molecule has 7 heteroatoms. The van der Waals surface area contributed by atoms with Crippen LogP contribution in [0.25, 0.3) is 11.4 Å². The first-order valence-corrected chi connectivity index (χ1v) is 13.8. The molecule has 0 saturated carbocycles. The lowest BCUT2D eigenvalue weighted by atomic mass is 10.0. The van der Waals surface area contributed by atoms with Gasteiger partial charge < -0.3 is 14.7 Å². The van der Waals surface area contributed by atoms with Crippen LogP contribution in [0.4, 0.5) is 5.82 Å². The van der Waals surface area contributed by atoms with Crippen LogP contribution in [0, 0.1) is 13.8 Å². The Kier molecular flexibility index (Phi) is 8.77. The fourth-order valence-electron chi connectivity index (χ4n) is 4.89. The molecular weight excluding hydrogens is 508 g/mol. The van der Waals surface area contributed by atoms with Crippen molar-refractivity contribution in [1.82, 2.24) is 14.9 Å². The van der Waals surface area contributed by atoms with Crippen molar-refractivity contribution in [2.75, 3.05) is 44.2 Å². The van der Waals surface area contributed by atoms with Gasteiger partial charge in [0, 0.05) is 61.0 Å². The van der Waals surface area contributed by atoms with Crippen molar-refractivity contribution in [3.63, 3.8) is 0 Å². The maximum atomic E-state index is 10.6. The third-order valence-corrected chi connectivity index (χ3v) is 7.37. The van der Waals surface area contributed by atoms with Gasteiger partial charge in [-0.2, -0.15) is 0 Å². The largest absolute Gasteiger partial charge is 0.491 e. The number of aromatic nitrogens is 2. The van der Waals surface area contributed by atoms with Crippen molar-refractivity contribution in [1.29, 1.82) is 0 Å². The standard InChI is InChI=1S/C32H35ClN4O2/c1-23-8-10-25(11-9-23)20-30-24(2)34-31(26-6-4-3-5-7-26)35-32(30)37-18-16-36(17-19-37)21-28(38)22-39-29-14-12-27(33)13-15-29/h3-15,28,38H,16-22H2,1-2H3. The molecule has 1 N–H and O–H groups in total. The van der Waals surface area contributed by atoms with Gasteiger partial charge in [-0.15, -0.1) is 0 Å². The van der Waals surface area contributed by atoms with E-state index >= 15 is 0 Å². The van der Waals surface area contributed by atoms with Crippen LogP contribution in [-0.2, 0) is 6.42 Å². The molecule has 0 spiro atoms. The molecule has 1 aliphatic rings. The fourth-order valence-corrected chi connectivity index (χ4v) is 5.02. The fraction of sp³-hybridized carbons (Fsp3) is 0.312. The highest BCUT2D eigenvalue weighted by atomic mass is 35.5. The van der Waals surface area contributed by atoms with Gasteiger partial charge in [0.15, 0.2) is 5.82 Å². The average Bonchev–Trinajstić information content (AvgIpc) is 2.96. The maximum Gasteiger partial charge on any atom is 0.161 e. The maximum absolute atomic E-state index is 10.6. The van der Waals surface area contributed by atoms with Crippen LogP contribution in [0.5, 0.6) is 5.75 Å². The Morgan fingerprint density at radius 1 is 0.872 bits per heavy atom. The number of aliphatic hydroxyl groups excluding tert-OH is 1. The Morgan fingerprint density at radius 3 is 2.26 bits per heavy atom. The van der Waals surface area contributed by atoms with Crippen LogP contribution < -0.4 is 9.64 Å². The lowest BCUT2D eigenvalue weighted by molar-refractivity contribution is 0.0662. The Balaban J connectivity index is 1.28. The van der Waals surface area contributed by atoms with E-state index in [4.69, 9.17) is 26.3 Å². The van der Waals surface area contributed by atoms with Gasteiger partial charge in [0.05, 0.1) is 0 Å². The molecule has 1 saturated heterocycles. The van der Waals surface area contributed by atoms with E-state index in [1.165, 1.54) is 16.7 Å². The summed E-state index contributed by atoms with van der Waals surface area (Å²) in [5.41, 5.74) is 5.71. The second-order valence-corrected chi connectivity index (χ2v) is 10.6. The average molecular weight is 543 g/mol. The Morgan fingerprint density at radius 2 is 1.56 bits per heavy atom. The zero-order valence-corrected chi connectivity index (χ0v) is 23.3. The molecule has 6 nitrogen and oxygen atoms in total. The first-order chi connectivity index (χ1) is 18.9. The molecule has 3 aromatic carbocycles. The van der Waals surface area contributed by atoms with E-state index in [0.29, 0.717) is 17.3 Å². The zero-order valence-electron chi connectivity index (χ0n) is 22.6. The minimum Gasteiger partial charge on any atom is -0.491 e. The summed E-state index contributed by atoms with van der Waals surface area (Å²) in [6, 6.07) is 26.1. The molecule has 0 bridgehead atoms. The summed E-state index contributed by atoms with van der Waals surface area (Å²) in [5, 5.41) is 11.3. The van der Waals surface area contributed by atoms with Gasteiger partial charge >= 0.3 is 0 Å². The molecule has 1 atom stereocenters. The first kappa shape index (κ1) is 27.1.